The number of aromatic nitrogens is 2. The second-order valence-corrected chi connectivity index (χ2v) is 5.80. The molecule has 1 aromatic carbocycles. The van der Waals surface area contributed by atoms with Crippen molar-refractivity contribution in [3.05, 3.63) is 47.9 Å². The number of hydrogen-bond donors (Lipinski definition) is 1. The Hall–Kier alpha value is -1.94. The lowest BCUT2D eigenvalue weighted by atomic mass is 10.1. The van der Waals surface area contributed by atoms with Crippen molar-refractivity contribution in [2.24, 2.45) is 0 Å². The molecule has 110 valence electrons. The molecule has 0 amide bonds. The van der Waals surface area contributed by atoms with Crippen molar-refractivity contribution in [2.75, 3.05) is 0 Å². The summed E-state index contributed by atoms with van der Waals surface area (Å²) < 4.78 is 0. The molecule has 4 nitrogen and oxygen atoms in total. The largest absolute Gasteiger partial charge is 0.480 e. The molecular weight excluding hydrogens is 288 g/mol. The van der Waals surface area contributed by atoms with Crippen molar-refractivity contribution >= 4 is 17.6 Å². The standard InChI is InChI=1S/C16H17ClN2O2/c1-3-4-11-5-7-12(8-6-11)13-9-19-14(10-18-13)16(2,17)15(20)21/h5-10H,3-4H2,1-2H3,(H,20,21)/t16-/m1/s1. The summed E-state index contributed by atoms with van der Waals surface area (Å²) in [6.07, 6.45) is 5.12. The summed E-state index contributed by atoms with van der Waals surface area (Å²) >= 11 is 5.95. The lowest BCUT2D eigenvalue weighted by Gasteiger charge is -2.15. The van der Waals surface area contributed by atoms with E-state index in [4.69, 9.17) is 16.7 Å². The lowest BCUT2D eigenvalue weighted by molar-refractivity contribution is -0.140. The number of carboxylic acids is 1. The Morgan fingerprint density at radius 3 is 2.38 bits per heavy atom. The minimum absolute atomic E-state index is 0.225. The summed E-state index contributed by atoms with van der Waals surface area (Å²) in [5, 5.41) is 9.06. The molecule has 0 aliphatic rings. The maximum atomic E-state index is 11.1. The van der Waals surface area contributed by atoms with E-state index in [2.05, 4.69) is 29.0 Å². The summed E-state index contributed by atoms with van der Waals surface area (Å²) in [7, 11) is 0. The lowest BCUT2D eigenvalue weighted by Crippen LogP contribution is -2.27. The normalized spacial score (nSPS) is 13.7. The number of alkyl halides is 1. The van der Waals surface area contributed by atoms with Gasteiger partial charge >= 0.3 is 5.97 Å². The van der Waals surface area contributed by atoms with E-state index >= 15 is 0 Å². The number of aryl methyl sites for hydroxylation is 1. The molecule has 21 heavy (non-hydrogen) atoms. The van der Waals surface area contributed by atoms with Gasteiger partial charge in [-0.15, -0.1) is 0 Å². The molecule has 0 aliphatic carbocycles. The van der Waals surface area contributed by atoms with Crippen molar-refractivity contribution in [2.45, 2.75) is 31.6 Å². The monoisotopic (exact) mass is 304 g/mol. The highest BCUT2D eigenvalue weighted by Gasteiger charge is 2.34. The number of rotatable bonds is 5. The molecule has 5 heteroatoms. The Morgan fingerprint density at radius 1 is 1.24 bits per heavy atom. The first-order valence-corrected chi connectivity index (χ1v) is 7.17. The zero-order valence-corrected chi connectivity index (χ0v) is 12.8. The fourth-order valence-corrected chi connectivity index (χ4v) is 2.06. The zero-order chi connectivity index (χ0) is 15.5. The van der Waals surface area contributed by atoms with Crippen molar-refractivity contribution in [1.29, 1.82) is 0 Å². The highest BCUT2D eigenvalue weighted by Crippen LogP contribution is 2.27. The Kier molecular flexibility index (Phi) is 4.58. The minimum Gasteiger partial charge on any atom is -0.480 e. The van der Waals surface area contributed by atoms with E-state index in [9.17, 15) is 4.79 Å². The molecule has 0 radical (unpaired) electrons. The second-order valence-electron chi connectivity index (χ2n) is 5.04. The van der Waals surface area contributed by atoms with Gasteiger partial charge in [0.2, 0.25) is 0 Å². The zero-order valence-electron chi connectivity index (χ0n) is 12.0. The second kappa shape index (κ2) is 6.22. The van der Waals surface area contributed by atoms with Crippen LogP contribution in [0.2, 0.25) is 0 Å². The molecule has 1 N–H and O–H groups in total. The van der Waals surface area contributed by atoms with E-state index in [1.165, 1.54) is 18.7 Å². The SMILES string of the molecule is CCCc1ccc(-c2cnc([C@@](C)(Cl)C(=O)O)cn2)cc1. The molecule has 0 bridgehead atoms. The van der Waals surface area contributed by atoms with E-state index in [0.717, 1.165) is 18.4 Å². The molecular formula is C16H17ClN2O2. The fraction of sp³-hybridized carbons (Fsp3) is 0.312. The Balaban J connectivity index is 2.24. The van der Waals surface area contributed by atoms with Gasteiger partial charge in [-0.05, 0) is 18.9 Å². The number of carbonyl (C=O) groups is 1. The van der Waals surface area contributed by atoms with Crippen LogP contribution in [0.15, 0.2) is 36.7 Å². The number of aliphatic carboxylic acids is 1. The third kappa shape index (κ3) is 3.39. The van der Waals surface area contributed by atoms with Crippen LogP contribution in [0.5, 0.6) is 0 Å². The first-order chi connectivity index (χ1) is 9.95. The van der Waals surface area contributed by atoms with Gasteiger partial charge in [0.05, 0.1) is 23.8 Å². The van der Waals surface area contributed by atoms with Gasteiger partial charge in [-0.1, -0.05) is 49.2 Å². The van der Waals surface area contributed by atoms with E-state index < -0.39 is 10.8 Å². The Labute approximate surface area is 128 Å². The first-order valence-electron chi connectivity index (χ1n) is 6.79. The van der Waals surface area contributed by atoms with Crippen molar-refractivity contribution in [1.82, 2.24) is 9.97 Å². The van der Waals surface area contributed by atoms with Gasteiger partial charge in [-0.3, -0.25) is 9.97 Å². The number of halogens is 1. The highest BCUT2D eigenvalue weighted by atomic mass is 35.5. The first kappa shape index (κ1) is 15.4. The van der Waals surface area contributed by atoms with Gasteiger partial charge in [0, 0.05) is 5.56 Å². The third-order valence-corrected chi connectivity index (χ3v) is 3.68. The Bertz CT molecular complexity index is 622. The van der Waals surface area contributed by atoms with Gasteiger partial charge in [0.15, 0.2) is 4.87 Å². The molecule has 0 unspecified atom stereocenters. The number of benzene rings is 1. The molecule has 0 aliphatic heterocycles. The van der Waals surface area contributed by atoms with Gasteiger partial charge in [-0.25, -0.2) is 4.79 Å². The molecule has 1 atom stereocenters. The minimum atomic E-state index is -1.56. The number of nitrogens with zero attached hydrogens (tertiary/aromatic N) is 2. The van der Waals surface area contributed by atoms with E-state index in [-0.39, 0.29) is 5.69 Å². The van der Waals surface area contributed by atoms with Crippen LogP contribution < -0.4 is 0 Å². The predicted molar refractivity (Wildman–Crippen MR) is 82.3 cm³/mol. The summed E-state index contributed by atoms with van der Waals surface area (Å²) in [6.45, 7) is 3.53. The van der Waals surface area contributed by atoms with E-state index in [0.29, 0.717) is 5.69 Å². The maximum Gasteiger partial charge on any atom is 0.330 e. The summed E-state index contributed by atoms with van der Waals surface area (Å²) in [5.74, 6) is -1.14. The number of hydrogen-bond acceptors (Lipinski definition) is 3. The smallest absolute Gasteiger partial charge is 0.330 e. The summed E-state index contributed by atoms with van der Waals surface area (Å²) in [6, 6.07) is 8.12. The molecule has 0 saturated heterocycles. The van der Waals surface area contributed by atoms with Crippen LogP contribution >= 0.6 is 11.6 Å². The van der Waals surface area contributed by atoms with Gasteiger partial charge in [0.1, 0.15) is 0 Å². The molecule has 0 saturated carbocycles. The molecule has 2 rings (SSSR count). The highest BCUT2D eigenvalue weighted by molar-refractivity contribution is 6.33. The van der Waals surface area contributed by atoms with Crippen LogP contribution in [0.3, 0.4) is 0 Å². The van der Waals surface area contributed by atoms with E-state index in [1.807, 2.05) is 12.1 Å². The predicted octanol–water partition coefficient (Wildman–Crippen LogP) is 3.63. The third-order valence-electron chi connectivity index (χ3n) is 3.32. The summed E-state index contributed by atoms with van der Waals surface area (Å²) in [4.78, 5) is 17.9. The van der Waals surface area contributed by atoms with Crippen LogP contribution in [0, 0.1) is 0 Å². The fourth-order valence-electron chi connectivity index (χ4n) is 1.96. The topological polar surface area (TPSA) is 63.1 Å². The van der Waals surface area contributed by atoms with Crippen LogP contribution in [-0.2, 0) is 16.1 Å². The van der Waals surface area contributed by atoms with Crippen molar-refractivity contribution in [3.8, 4) is 11.3 Å². The van der Waals surface area contributed by atoms with Crippen LogP contribution in [0.4, 0.5) is 0 Å². The molecule has 1 heterocycles. The maximum absolute atomic E-state index is 11.1. The quantitative estimate of drug-likeness (QED) is 0.857. The van der Waals surface area contributed by atoms with E-state index in [1.54, 1.807) is 6.20 Å². The van der Waals surface area contributed by atoms with Crippen LogP contribution in [0.25, 0.3) is 11.3 Å². The van der Waals surface area contributed by atoms with Gasteiger partial charge in [0.25, 0.3) is 0 Å². The van der Waals surface area contributed by atoms with Crippen LogP contribution in [-0.4, -0.2) is 21.0 Å². The average molecular weight is 305 g/mol. The van der Waals surface area contributed by atoms with Crippen molar-refractivity contribution < 1.29 is 9.90 Å². The molecule has 0 fully saturated rings. The molecule has 1 aromatic heterocycles. The number of carboxylic acid groups (broad SMARTS) is 1. The van der Waals surface area contributed by atoms with Gasteiger partial charge < -0.3 is 5.11 Å². The van der Waals surface area contributed by atoms with Gasteiger partial charge in [-0.2, -0.15) is 0 Å². The Morgan fingerprint density at radius 2 is 1.90 bits per heavy atom. The van der Waals surface area contributed by atoms with Crippen LogP contribution in [0.1, 0.15) is 31.5 Å². The average Bonchev–Trinajstić information content (AvgIpc) is 2.48. The van der Waals surface area contributed by atoms with Crippen molar-refractivity contribution in [3.63, 3.8) is 0 Å². The summed E-state index contributed by atoms with van der Waals surface area (Å²) in [5.41, 5.74) is 3.15. The molecule has 0 spiro atoms. The molecule has 2 aromatic rings.